The van der Waals surface area contributed by atoms with Gasteiger partial charge in [0.15, 0.2) is 0 Å². The van der Waals surface area contributed by atoms with E-state index in [0.29, 0.717) is 18.4 Å². The Morgan fingerprint density at radius 1 is 1.36 bits per heavy atom. The highest BCUT2D eigenvalue weighted by molar-refractivity contribution is 5.94. The third-order valence-corrected chi connectivity index (χ3v) is 6.26. The van der Waals surface area contributed by atoms with Crippen molar-refractivity contribution in [1.29, 1.82) is 0 Å². The molecule has 3 rings (SSSR count). The topological polar surface area (TPSA) is 100 Å². The van der Waals surface area contributed by atoms with Crippen molar-refractivity contribution in [3.05, 3.63) is 23.9 Å². The summed E-state index contributed by atoms with van der Waals surface area (Å²) >= 11 is 0. The first-order valence-corrected chi connectivity index (χ1v) is 11.0. The Balaban J connectivity index is 1.70. The minimum Gasteiger partial charge on any atom is -0.324 e. The number of rotatable bonds is 7. The number of amides is 3. The molecule has 1 aromatic rings. The zero-order chi connectivity index (χ0) is 24.4. The maximum Gasteiger partial charge on any atom is 0.410 e. The molecular weight excluding hydrogens is 449 g/mol. The van der Waals surface area contributed by atoms with Gasteiger partial charge in [0.1, 0.15) is 11.9 Å². The fraction of sp³-hybridized carbons (Fsp3) is 0.667. The Labute approximate surface area is 188 Å². The van der Waals surface area contributed by atoms with Crippen molar-refractivity contribution in [1.82, 2.24) is 15.2 Å². The van der Waals surface area contributed by atoms with E-state index >= 15 is 0 Å². The molecule has 0 unspecified atom stereocenters. The van der Waals surface area contributed by atoms with Gasteiger partial charge in [-0.15, -0.1) is 0 Å². The fourth-order valence-electron chi connectivity index (χ4n) is 4.35. The van der Waals surface area contributed by atoms with Crippen molar-refractivity contribution in [3.8, 4) is 0 Å². The zero-order valence-electron chi connectivity index (χ0n) is 18.2. The number of hydrogen-bond donors (Lipinski definition) is 3. The third kappa shape index (κ3) is 6.10. The van der Waals surface area contributed by atoms with Crippen LogP contribution < -0.4 is 16.4 Å². The van der Waals surface area contributed by atoms with E-state index in [-0.39, 0.29) is 37.4 Å². The zero-order valence-corrected chi connectivity index (χ0v) is 18.2. The highest BCUT2D eigenvalue weighted by Crippen LogP contribution is 2.37. The largest absolute Gasteiger partial charge is 0.410 e. The van der Waals surface area contributed by atoms with Crippen LogP contribution >= 0.6 is 0 Å². The van der Waals surface area contributed by atoms with Crippen LogP contribution in [0.15, 0.2) is 18.3 Å². The molecule has 3 amide bonds. The second-order valence-corrected chi connectivity index (χ2v) is 8.68. The first-order valence-electron chi connectivity index (χ1n) is 11.0. The second kappa shape index (κ2) is 9.78. The molecule has 184 valence electrons. The Hall–Kier alpha value is -2.50. The van der Waals surface area contributed by atoms with E-state index in [2.05, 4.69) is 10.3 Å². The molecular formula is C21H28F5N5O2. The number of urea groups is 1. The number of anilines is 1. The number of carbonyl (C=O) groups is 2. The monoisotopic (exact) mass is 477 g/mol. The molecule has 1 aromatic heterocycles. The van der Waals surface area contributed by atoms with Gasteiger partial charge in [-0.2, -0.15) is 13.2 Å². The molecule has 33 heavy (non-hydrogen) atoms. The molecule has 7 nitrogen and oxygen atoms in total. The maximum atomic E-state index is 13.4. The maximum absolute atomic E-state index is 13.4. The molecule has 4 N–H and O–H groups in total. The number of hydrogen-bond acceptors (Lipinski definition) is 4. The van der Waals surface area contributed by atoms with Crippen LogP contribution in [0, 0.1) is 5.92 Å². The normalized spacial score (nSPS) is 23.2. The Morgan fingerprint density at radius 3 is 2.61 bits per heavy atom. The van der Waals surface area contributed by atoms with E-state index in [1.165, 1.54) is 12.3 Å². The molecule has 1 saturated carbocycles. The number of nitrogens with two attached hydrogens (primary N) is 1. The van der Waals surface area contributed by atoms with Crippen molar-refractivity contribution in [2.45, 2.75) is 75.7 Å². The molecule has 0 spiro atoms. The van der Waals surface area contributed by atoms with Crippen molar-refractivity contribution < 1.29 is 31.5 Å². The van der Waals surface area contributed by atoms with Gasteiger partial charge in [-0.3, -0.25) is 4.79 Å². The van der Waals surface area contributed by atoms with Crippen molar-refractivity contribution in [3.63, 3.8) is 0 Å². The molecule has 3 atom stereocenters. The predicted octanol–water partition coefficient (Wildman–Crippen LogP) is 3.97. The van der Waals surface area contributed by atoms with Crippen LogP contribution in [-0.4, -0.2) is 52.5 Å². The van der Waals surface area contributed by atoms with Gasteiger partial charge >= 0.3 is 12.2 Å². The Bertz CT molecular complexity index is 856. The summed E-state index contributed by atoms with van der Waals surface area (Å²) in [6.45, 7) is 1.33. The summed E-state index contributed by atoms with van der Waals surface area (Å²) in [5.41, 5.74) is 6.51. The van der Waals surface area contributed by atoms with Crippen LogP contribution in [-0.2, 0) is 4.79 Å². The number of alkyl halides is 5. The summed E-state index contributed by atoms with van der Waals surface area (Å²) in [6.07, 6.45) is -2.52. The van der Waals surface area contributed by atoms with Crippen LogP contribution in [0.2, 0.25) is 0 Å². The van der Waals surface area contributed by atoms with Gasteiger partial charge in [0, 0.05) is 19.0 Å². The van der Waals surface area contributed by atoms with Gasteiger partial charge in [-0.25, -0.2) is 18.6 Å². The summed E-state index contributed by atoms with van der Waals surface area (Å²) in [5, 5.41) is 4.53. The number of nitrogens with one attached hydrogen (secondary N) is 2. The fourth-order valence-corrected chi connectivity index (χ4v) is 4.35. The minimum absolute atomic E-state index is 0.127. The van der Waals surface area contributed by atoms with Crippen LogP contribution in [0.4, 0.5) is 32.6 Å². The molecule has 0 aromatic carbocycles. The van der Waals surface area contributed by atoms with Crippen LogP contribution in [0.3, 0.4) is 0 Å². The Kier molecular flexibility index (Phi) is 7.45. The van der Waals surface area contributed by atoms with Crippen molar-refractivity contribution in [2.75, 3.05) is 11.9 Å². The summed E-state index contributed by atoms with van der Waals surface area (Å²) in [4.78, 5) is 30.0. The highest BCUT2D eigenvalue weighted by Gasteiger charge is 2.48. The van der Waals surface area contributed by atoms with Crippen LogP contribution in [0.5, 0.6) is 0 Å². The van der Waals surface area contributed by atoms with E-state index in [0.717, 1.165) is 4.90 Å². The molecule has 0 radical (unpaired) electrons. The predicted molar refractivity (Wildman–Crippen MR) is 110 cm³/mol. The van der Waals surface area contributed by atoms with Crippen LogP contribution in [0.1, 0.15) is 57.1 Å². The van der Waals surface area contributed by atoms with Gasteiger partial charge in [0.25, 0.3) is 0 Å². The smallest absolute Gasteiger partial charge is 0.324 e. The second-order valence-electron chi connectivity index (χ2n) is 8.68. The quantitative estimate of drug-likeness (QED) is 0.518. The number of carbonyl (C=O) groups excluding carboxylic acids is 2. The average molecular weight is 477 g/mol. The third-order valence-electron chi connectivity index (χ3n) is 6.26. The SMILES string of the molecule is CCC[C@H](c1ccnc(NC(=O)[C@@H](N)C2CCC(F)(F)CC2)c1)N1C[C@@H](C(F)(F)F)NC1=O. The first kappa shape index (κ1) is 25.1. The summed E-state index contributed by atoms with van der Waals surface area (Å²) in [5.74, 6) is -3.56. The number of halogens is 5. The lowest BCUT2D eigenvalue weighted by Crippen LogP contribution is -2.44. The van der Waals surface area contributed by atoms with Crippen molar-refractivity contribution >= 4 is 17.8 Å². The molecule has 2 aliphatic rings. The molecule has 12 heteroatoms. The molecule has 0 bridgehead atoms. The number of nitrogens with zero attached hydrogens (tertiary/aromatic N) is 2. The summed E-state index contributed by atoms with van der Waals surface area (Å²) < 4.78 is 66.0. The molecule has 1 aliphatic heterocycles. The lowest BCUT2D eigenvalue weighted by molar-refractivity contribution is -0.150. The van der Waals surface area contributed by atoms with E-state index in [9.17, 15) is 31.5 Å². The summed E-state index contributed by atoms with van der Waals surface area (Å²) in [6, 6.07) is -1.33. The molecule has 1 aliphatic carbocycles. The van der Waals surface area contributed by atoms with E-state index in [1.807, 2.05) is 12.2 Å². The average Bonchev–Trinajstić information content (AvgIpc) is 3.13. The lowest BCUT2D eigenvalue weighted by atomic mass is 9.82. The summed E-state index contributed by atoms with van der Waals surface area (Å²) in [7, 11) is 0. The first-order chi connectivity index (χ1) is 15.4. The van der Waals surface area contributed by atoms with E-state index < -0.39 is 48.7 Å². The van der Waals surface area contributed by atoms with Crippen molar-refractivity contribution in [2.24, 2.45) is 11.7 Å². The minimum atomic E-state index is -4.56. The van der Waals surface area contributed by atoms with Gasteiger partial charge < -0.3 is 21.3 Å². The Morgan fingerprint density at radius 2 is 2.03 bits per heavy atom. The lowest BCUT2D eigenvalue weighted by Gasteiger charge is -2.31. The van der Waals surface area contributed by atoms with E-state index in [4.69, 9.17) is 5.73 Å². The van der Waals surface area contributed by atoms with Gasteiger partial charge in [0.2, 0.25) is 11.8 Å². The molecule has 2 fully saturated rings. The standard InChI is InChI=1S/C21H28F5N5O2/c1-2-3-14(31-11-15(21(24,25)26)29-19(31)33)13-6-9-28-16(10-13)30-18(32)17(27)12-4-7-20(22,23)8-5-12/h6,9-10,12,14-15,17H,2-5,7-8,11,27H2,1H3,(H,29,33)(H,28,30,32)/t14-,15+,17+/m1/s1. The van der Waals surface area contributed by atoms with Crippen LogP contribution in [0.25, 0.3) is 0 Å². The number of pyridine rings is 1. The van der Waals surface area contributed by atoms with Gasteiger partial charge in [0.05, 0.1) is 18.6 Å². The highest BCUT2D eigenvalue weighted by atomic mass is 19.4. The van der Waals surface area contributed by atoms with Gasteiger partial charge in [-0.05, 0) is 42.9 Å². The number of aromatic nitrogens is 1. The van der Waals surface area contributed by atoms with Gasteiger partial charge in [-0.1, -0.05) is 13.3 Å². The van der Waals surface area contributed by atoms with E-state index in [1.54, 1.807) is 6.07 Å². The molecule has 1 saturated heterocycles. The molecule has 2 heterocycles.